The second kappa shape index (κ2) is 6.67. The van der Waals surface area contributed by atoms with Crippen molar-refractivity contribution in [1.82, 2.24) is 15.0 Å². The third-order valence-electron chi connectivity index (χ3n) is 5.50. The molecule has 128 valence electrons. The van der Waals surface area contributed by atoms with Crippen LogP contribution in [0.2, 0.25) is 0 Å². The average Bonchev–Trinajstić information content (AvgIpc) is 3.26. The Hall–Kier alpha value is -1.69. The first-order chi connectivity index (χ1) is 11.7. The predicted octanol–water partition coefficient (Wildman–Crippen LogP) is 3.35. The van der Waals surface area contributed by atoms with E-state index < -0.39 is 0 Å². The number of aryl methyl sites for hydroxylation is 2. The first-order valence-corrected chi connectivity index (χ1v) is 9.91. The number of fused-ring (bicyclic) bond motifs is 1. The van der Waals surface area contributed by atoms with Gasteiger partial charge in [0.2, 0.25) is 5.91 Å². The molecule has 0 unspecified atom stereocenters. The molecular weight excluding hydrogens is 320 g/mol. The molecule has 0 aromatic carbocycles. The van der Waals surface area contributed by atoms with E-state index in [0.717, 1.165) is 49.2 Å². The molecule has 1 saturated carbocycles. The highest BCUT2D eigenvalue weighted by Crippen LogP contribution is 2.33. The fourth-order valence-electron chi connectivity index (χ4n) is 4.17. The van der Waals surface area contributed by atoms with Gasteiger partial charge in [-0.1, -0.05) is 24.5 Å². The number of hydrogen-bond acceptors (Lipinski definition) is 4. The van der Waals surface area contributed by atoms with Gasteiger partial charge in [0.25, 0.3) is 0 Å². The Balaban J connectivity index is 1.59. The largest absolute Gasteiger partial charge is 0.308 e. The van der Waals surface area contributed by atoms with Crippen molar-refractivity contribution < 1.29 is 4.79 Å². The van der Waals surface area contributed by atoms with Gasteiger partial charge >= 0.3 is 0 Å². The number of nitrogens with zero attached hydrogens (tertiary/aromatic N) is 4. The van der Waals surface area contributed by atoms with E-state index in [2.05, 4.69) is 32.0 Å². The quantitative estimate of drug-likeness (QED) is 0.858. The molecule has 0 N–H and O–H groups in total. The molecule has 4 rings (SSSR count). The normalized spacial score (nSPS) is 21.5. The summed E-state index contributed by atoms with van der Waals surface area (Å²) >= 11 is 1.67. The maximum Gasteiger partial charge on any atom is 0.230 e. The smallest absolute Gasteiger partial charge is 0.230 e. The highest BCUT2D eigenvalue weighted by molar-refractivity contribution is 7.08. The van der Waals surface area contributed by atoms with Gasteiger partial charge in [-0.3, -0.25) is 9.48 Å². The number of carbonyl (C=O) groups is 1. The van der Waals surface area contributed by atoms with Crippen LogP contribution >= 0.6 is 11.3 Å². The van der Waals surface area contributed by atoms with Gasteiger partial charge in [-0.05, 0) is 37.1 Å². The van der Waals surface area contributed by atoms with Crippen LogP contribution < -0.4 is 4.90 Å². The monoisotopic (exact) mass is 344 g/mol. The van der Waals surface area contributed by atoms with E-state index in [0.29, 0.717) is 11.9 Å². The Morgan fingerprint density at radius 3 is 2.88 bits per heavy atom. The zero-order valence-corrected chi connectivity index (χ0v) is 15.0. The van der Waals surface area contributed by atoms with E-state index in [-0.39, 0.29) is 5.92 Å². The van der Waals surface area contributed by atoms with E-state index in [1.807, 2.05) is 11.7 Å². The third kappa shape index (κ3) is 2.88. The minimum Gasteiger partial charge on any atom is -0.308 e. The van der Waals surface area contributed by atoms with Crippen molar-refractivity contribution in [3.63, 3.8) is 0 Å². The molecule has 2 heterocycles. The molecular formula is C18H24N4OS. The van der Waals surface area contributed by atoms with Crippen molar-refractivity contribution >= 4 is 22.9 Å². The van der Waals surface area contributed by atoms with Gasteiger partial charge in [-0.2, -0.15) is 11.3 Å². The number of rotatable bonds is 3. The van der Waals surface area contributed by atoms with E-state index in [1.165, 1.54) is 19.3 Å². The zero-order chi connectivity index (χ0) is 16.5. The van der Waals surface area contributed by atoms with Crippen LogP contribution in [0.15, 0.2) is 16.8 Å². The van der Waals surface area contributed by atoms with Crippen molar-refractivity contribution in [2.45, 2.75) is 57.4 Å². The highest BCUT2D eigenvalue weighted by Gasteiger charge is 2.35. The van der Waals surface area contributed by atoms with Crippen LogP contribution in [0.25, 0.3) is 0 Å². The summed E-state index contributed by atoms with van der Waals surface area (Å²) < 4.78 is 1.84. The number of carbonyl (C=O) groups excluding carboxylic acids is 1. The second-order valence-electron chi connectivity index (χ2n) is 7.03. The molecule has 0 saturated heterocycles. The number of thiophene rings is 1. The zero-order valence-electron chi connectivity index (χ0n) is 14.1. The molecule has 2 aliphatic rings. The topological polar surface area (TPSA) is 51.0 Å². The molecule has 6 heteroatoms. The van der Waals surface area contributed by atoms with Gasteiger partial charge in [0, 0.05) is 30.8 Å². The van der Waals surface area contributed by atoms with E-state index >= 15 is 0 Å². The Morgan fingerprint density at radius 2 is 2.12 bits per heavy atom. The van der Waals surface area contributed by atoms with Crippen LogP contribution in [0.4, 0.5) is 5.69 Å². The molecule has 24 heavy (non-hydrogen) atoms. The van der Waals surface area contributed by atoms with Crippen molar-refractivity contribution in [3.8, 4) is 0 Å². The standard InChI is InChI=1S/C18H24N4OS/c1-21-17-11-13(7-8-16(17)19-20-21)18(23)22(15-9-10-24-12-15)14-5-3-2-4-6-14/h9-10,12-14H,2-8,11H2,1H3/t13-/m0/s1. The van der Waals surface area contributed by atoms with E-state index in [1.54, 1.807) is 11.3 Å². The van der Waals surface area contributed by atoms with Crippen LogP contribution in [0.5, 0.6) is 0 Å². The first kappa shape index (κ1) is 15.8. The van der Waals surface area contributed by atoms with Gasteiger partial charge in [0.15, 0.2) is 0 Å². The molecule has 1 fully saturated rings. The maximum absolute atomic E-state index is 13.4. The molecule has 2 aliphatic carbocycles. The summed E-state index contributed by atoms with van der Waals surface area (Å²) in [7, 11) is 1.93. The predicted molar refractivity (Wildman–Crippen MR) is 95.2 cm³/mol. The molecule has 2 aromatic rings. The van der Waals surface area contributed by atoms with Gasteiger partial charge in [0.05, 0.1) is 17.1 Å². The lowest BCUT2D eigenvalue weighted by molar-refractivity contribution is -0.123. The summed E-state index contributed by atoms with van der Waals surface area (Å²) in [5.41, 5.74) is 3.29. The van der Waals surface area contributed by atoms with Crippen molar-refractivity contribution in [1.29, 1.82) is 0 Å². The molecule has 0 radical (unpaired) electrons. The maximum atomic E-state index is 13.4. The number of aromatic nitrogens is 3. The molecule has 1 amide bonds. The second-order valence-corrected chi connectivity index (χ2v) is 7.81. The molecule has 5 nitrogen and oxygen atoms in total. The van der Waals surface area contributed by atoms with Crippen LogP contribution in [0.1, 0.15) is 49.9 Å². The molecule has 1 atom stereocenters. The van der Waals surface area contributed by atoms with Crippen molar-refractivity contribution in [2.75, 3.05) is 4.90 Å². The summed E-state index contributed by atoms with van der Waals surface area (Å²) in [6.45, 7) is 0. The Labute approximate surface area is 146 Å². The number of hydrogen-bond donors (Lipinski definition) is 0. The van der Waals surface area contributed by atoms with Gasteiger partial charge < -0.3 is 4.90 Å². The minimum atomic E-state index is 0.0523. The van der Waals surface area contributed by atoms with Crippen LogP contribution in [0, 0.1) is 5.92 Å². The van der Waals surface area contributed by atoms with E-state index in [4.69, 9.17) is 0 Å². The molecule has 2 aromatic heterocycles. The summed E-state index contributed by atoms with van der Waals surface area (Å²) in [5.74, 6) is 0.351. The van der Waals surface area contributed by atoms with Crippen molar-refractivity contribution in [3.05, 3.63) is 28.2 Å². The lowest BCUT2D eigenvalue weighted by Crippen LogP contribution is -2.46. The van der Waals surface area contributed by atoms with Gasteiger partial charge in [-0.15, -0.1) is 5.10 Å². The fourth-order valence-corrected chi connectivity index (χ4v) is 4.80. The number of anilines is 1. The SMILES string of the molecule is Cn1nnc2c1C[C@@H](C(=O)N(c1ccsc1)C1CCCCC1)CC2. The lowest BCUT2D eigenvalue weighted by Gasteiger charge is -2.36. The summed E-state index contributed by atoms with van der Waals surface area (Å²) in [6, 6.07) is 2.46. The minimum absolute atomic E-state index is 0.0523. The lowest BCUT2D eigenvalue weighted by atomic mass is 9.86. The summed E-state index contributed by atoms with van der Waals surface area (Å²) in [6.07, 6.45) is 8.55. The van der Waals surface area contributed by atoms with E-state index in [9.17, 15) is 4.79 Å². The Kier molecular flexibility index (Phi) is 4.39. The molecule has 0 spiro atoms. The van der Waals surface area contributed by atoms with Crippen LogP contribution in [-0.2, 0) is 24.7 Å². The van der Waals surface area contributed by atoms with Gasteiger partial charge in [0.1, 0.15) is 0 Å². The van der Waals surface area contributed by atoms with Crippen LogP contribution in [-0.4, -0.2) is 26.9 Å². The van der Waals surface area contributed by atoms with Gasteiger partial charge in [-0.25, -0.2) is 0 Å². The Bertz CT molecular complexity index is 703. The molecule has 0 aliphatic heterocycles. The van der Waals surface area contributed by atoms with Crippen molar-refractivity contribution in [2.24, 2.45) is 13.0 Å². The summed E-state index contributed by atoms with van der Waals surface area (Å²) in [5, 5.41) is 12.5. The third-order valence-corrected chi connectivity index (χ3v) is 6.17. The Morgan fingerprint density at radius 1 is 1.29 bits per heavy atom. The summed E-state index contributed by atoms with van der Waals surface area (Å²) in [4.78, 5) is 15.5. The highest BCUT2D eigenvalue weighted by atomic mass is 32.1. The first-order valence-electron chi connectivity index (χ1n) is 8.96. The fraction of sp³-hybridized carbons (Fsp3) is 0.611. The van der Waals surface area contributed by atoms with Crippen LogP contribution in [0.3, 0.4) is 0 Å². The molecule has 0 bridgehead atoms. The average molecular weight is 344 g/mol. The number of amides is 1.